The number of hydrogen-bond donors (Lipinski definition) is 2. The summed E-state index contributed by atoms with van der Waals surface area (Å²) in [5, 5.41) is 7.54. The van der Waals surface area contributed by atoms with E-state index in [0.29, 0.717) is 17.4 Å². The van der Waals surface area contributed by atoms with Crippen molar-refractivity contribution in [2.45, 2.75) is 33.6 Å². The molecule has 0 bridgehead atoms. The lowest BCUT2D eigenvalue weighted by atomic mass is 10.0. The largest absolute Gasteiger partial charge is 0.439 e. The lowest BCUT2D eigenvalue weighted by Crippen LogP contribution is -2.11. The van der Waals surface area contributed by atoms with Crippen LogP contribution >= 0.6 is 0 Å². The van der Waals surface area contributed by atoms with Crippen LogP contribution in [0.25, 0.3) is 0 Å². The summed E-state index contributed by atoms with van der Waals surface area (Å²) in [6, 6.07) is 9.66. The molecule has 0 aliphatic carbocycles. The highest BCUT2D eigenvalue weighted by molar-refractivity contribution is 5.95. The number of benzene rings is 1. The van der Waals surface area contributed by atoms with Crippen molar-refractivity contribution in [3.05, 3.63) is 52.7 Å². The van der Waals surface area contributed by atoms with Gasteiger partial charge in [0.05, 0.1) is 0 Å². The molecule has 4 heteroatoms. The van der Waals surface area contributed by atoms with Crippen LogP contribution in [0.1, 0.15) is 42.1 Å². The summed E-state index contributed by atoms with van der Waals surface area (Å²) in [4.78, 5) is 4.35. The van der Waals surface area contributed by atoms with Crippen LogP contribution in [0.2, 0.25) is 0 Å². The molecule has 21 heavy (non-hydrogen) atoms. The Hall–Kier alpha value is -2.36. The smallest absolute Gasteiger partial charge is 0.220 e. The minimum absolute atomic E-state index is 0.0120. The van der Waals surface area contributed by atoms with Crippen LogP contribution < -0.4 is 10.5 Å². The van der Waals surface area contributed by atoms with Crippen molar-refractivity contribution in [3.8, 4) is 11.6 Å². The molecule has 0 amide bonds. The maximum absolute atomic E-state index is 7.54. The van der Waals surface area contributed by atoms with E-state index in [0.717, 1.165) is 17.0 Å². The minimum atomic E-state index is 0.0120. The Morgan fingerprint density at radius 3 is 2.52 bits per heavy atom. The Bertz CT molecular complexity index is 678. The Balaban J connectivity index is 2.38. The van der Waals surface area contributed by atoms with Crippen LogP contribution in [0, 0.1) is 19.3 Å². The number of pyridine rings is 1. The first-order valence-electron chi connectivity index (χ1n) is 6.98. The number of nitrogens with zero attached hydrogens (tertiary/aromatic N) is 1. The molecule has 1 heterocycles. The summed E-state index contributed by atoms with van der Waals surface area (Å²) in [6.45, 7) is 8.15. The maximum Gasteiger partial charge on any atom is 0.220 e. The highest BCUT2D eigenvalue weighted by atomic mass is 16.5. The van der Waals surface area contributed by atoms with E-state index < -0.39 is 0 Å². The molecule has 2 rings (SSSR count). The number of hydrogen-bond acceptors (Lipinski definition) is 3. The summed E-state index contributed by atoms with van der Waals surface area (Å²) >= 11 is 0. The van der Waals surface area contributed by atoms with Gasteiger partial charge in [-0.1, -0.05) is 26.0 Å². The van der Waals surface area contributed by atoms with Crippen molar-refractivity contribution in [2.75, 3.05) is 0 Å². The van der Waals surface area contributed by atoms with Crippen LogP contribution in [0.3, 0.4) is 0 Å². The molecule has 3 N–H and O–H groups in total. The fourth-order valence-electron chi connectivity index (χ4n) is 2.04. The fraction of sp³-hybridized carbons (Fsp3) is 0.294. The van der Waals surface area contributed by atoms with E-state index in [4.69, 9.17) is 15.9 Å². The van der Waals surface area contributed by atoms with E-state index in [1.165, 1.54) is 5.56 Å². The number of aromatic nitrogens is 1. The zero-order valence-electron chi connectivity index (χ0n) is 12.9. The average molecular weight is 283 g/mol. The van der Waals surface area contributed by atoms with E-state index in [2.05, 4.69) is 24.9 Å². The molecule has 0 aliphatic heterocycles. The first kappa shape index (κ1) is 15.0. The van der Waals surface area contributed by atoms with Gasteiger partial charge in [-0.25, -0.2) is 4.98 Å². The van der Waals surface area contributed by atoms with Gasteiger partial charge in [-0.15, -0.1) is 0 Å². The second-order valence-electron chi connectivity index (χ2n) is 5.53. The topological polar surface area (TPSA) is 72.0 Å². The Morgan fingerprint density at radius 1 is 1.19 bits per heavy atom. The minimum Gasteiger partial charge on any atom is -0.439 e. The van der Waals surface area contributed by atoms with E-state index in [-0.39, 0.29) is 5.84 Å². The van der Waals surface area contributed by atoms with E-state index >= 15 is 0 Å². The monoisotopic (exact) mass is 283 g/mol. The lowest BCUT2D eigenvalue weighted by Gasteiger charge is -2.13. The highest BCUT2D eigenvalue weighted by Gasteiger charge is 2.09. The molecule has 2 aromatic rings. The second kappa shape index (κ2) is 5.95. The van der Waals surface area contributed by atoms with Crippen molar-refractivity contribution in [2.24, 2.45) is 5.73 Å². The van der Waals surface area contributed by atoms with Gasteiger partial charge in [-0.05, 0) is 43.0 Å². The molecule has 110 valence electrons. The molecule has 0 saturated carbocycles. The summed E-state index contributed by atoms with van der Waals surface area (Å²) in [5.74, 6) is 1.70. The van der Waals surface area contributed by atoms with Crippen molar-refractivity contribution in [1.82, 2.24) is 4.98 Å². The molecule has 0 spiro atoms. The normalized spacial score (nSPS) is 10.7. The number of nitrogens with one attached hydrogen (secondary N) is 1. The van der Waals surface area contributed by atoms with Gasteiger partial charge < -0.3 is 10.5 Å². The molecule has 4 nitrogen and oxygen atoms in total. The zero-order chi connectivity index (χ0) is 15.6. The standard InChI is InChI=1S/C17H21N3O/c1-10(2)13-6-5-11(3)15(8-13)21-16-9-14(17(18)19)7-12(4)20-16/h5-10H,1-4H3,(H3,18,19). The molecule has 1 aromatic heterocycles. The summed E-state index contributed by atoms with van der Waals surface area (Å²) in [6.07, 6.45) is 0. The Kier molecular flexibility index (Phi) is 4.26. The van der Waals surface area contributed by atoms with Crippen LogP contribution in [-0.2, 0) is 0 Å². The summed E-state index contributed by atoms with van der Waals surface area (Å²) in [5.41, 5.74) is 9.20. The first-order chi connectivity index (χ1) is 9.86. The van der Waals surface area contributed by atoms with Gasteiger partial charge in [-0.2, -0.15) is 0 Å². The number of nitrogens with two attached hydrogens (primary N) is 1. The Morgan fingerprint density at radius 2 is 1.90 bits per heavy atom. The van der Waals surface area contributed by atoms with Gasteiger partial charge >= 0.3 is 0 Å². The predicted octanol–water partition coefficient (Wildman–Crippen LogP) is 3.90. The van der Waals surface area contributed by atoms with Crippen molar-refractivity contribution in [3.63, 3.8) is 0 Å². The lowest BCUT2D eigenvalue weighted by molar-refractivity contribution is 0.457. The van der Waals surface area contributed by atoms with Gasteiger partial charge in [0.25, 0.3) is 0 Å². The number of amidine groups is 1. The highest BCUT2D eigenvalue weighted by Crippen LogP contribution is 2.28. The third-order valence-corrected chi connectivity index (χ3v) is 3.33. The third kappa shape index (κ3) is 3.60. The van der Waals surface area contributed by atoms with Crippen molar-refractivity contribution in [1.29, 1.82) is 5.41 Å². The maximum atomic E-state index is 7.54. The van der Waals surface area contributed by atoms with E-state index in [1.54, 1.807) is 12.1 Å². The van der Waals surface area contributed by atoms with Gasteiger partial charge in [0.2, 0.25) is 5.88 Å². The first-order valence-corrected chi connectivity index (χ1v) is 6.98. The molecular weight excluding hydrogens is 262 g/mol. The van der Waals surface area contributed by atoms with Crippen molar-refractivity contribution < 1.29 is 4.74 Å². The SMILES string of the molecule is Cc1cc(C(=N)N)cc(Oc2cc(C(C)C)ccc2C)n1. The average Bonchev–Trinajstić information content (AvgIpc) is 2.40. The molecule has 0 fully saturated rings. The fourth-order valence-corrected chi connectivity index (χ4v) is 2.04. The molecular formula is C17H21N3O. The van der Waals surface area contributed by atoms with Gasteiger partial charge in [0.15, 0.2) is 0 Å². The van der Waals surface area contributed by atoms with Crippen LogP contribution in [-0.4, -0.2) is 10.8 Å². The van der Waals surface area contributed by atoms with Crippen LogP contribution in [0.15, 0.2) is 30.3 Å². The molecule has 0 aliphatic rings. The van der Waals surface area contributed by atoms with E-state index in [1.807, 2.05) is 26.0 Å². The molecule has 0 unspecified atom stereocenters. The van der Waals surface area contributed by atoms with Gasteiger partial charge in [0, 0.05) is 17.3 Å². The molecule has 0 radical (unpaired) electrons. The molecule has 0 saturated heterocycles. The third-order valence-electron chi connectivity index (χ3n) is 3.33. The quantitative estimate of drug-likeness (QED) is 0.660. The van der Waals surface area contributed by atoms with Gasteiger partial charge in [-0.3, -0.25) is 5.41 Å². The van der Waals surface area contributed by atoms with E-state index in [9.17, 15) is 0 Å². The second-order valence-corrected chi connectivity index (χ2v) is 5.53. The number of ether oxygens (including phenoxy) is 1. The zero-order valence-corrected chi connectivity index (χ0v) is 12.9. The van der Waals surface area contributed by atoms with Crippen LogP contribution in [0.5, 0.6) is 11.6 Å². The number of aryl methyl sites for hydroxylation is 2. The van der Waals surface area contributed by atoms with Crippen molar-refractivity contribution >= 4 is 5.84 Å². The van der Waals surface area contributed by atoms with Gasteiger partial charge in [0.1, 0.15) is 11.6 Å². The Labute approximate surface area is 125 Å². The predicted molar refractivity (Wildman–Crippen MR) is 85.3 cm³/mol. The summed E-state index contributed by atoms with van der Waals surface area (Å²) in [7, 11) is 0. The molecule has 1 aromatic carbocycles. The molecule has 0 atom stereocenters. The van der Waals surface area contributed by atoms with Crippen LogP contribution in [0.4, 0.5) is 0 Å². The summed E-state index contributed by atoms with van der Waals surface area (Å²) < 4.78 is 5.91. The number of rotatable bonds is 4. The number of nitrogen functional groups attached to an aromatic ring is 1.